The number of hydrogen-bond donors (Lipinski definition) is 0. The third-order valence-electron chi connectivity index (χ3n) is 2.23. The van der Waals surface area contributed by atoms with Gasteiger partial charge in [-0.05, 0) is 23.6 Å². The van der Waals surface area contributed by atoms with Crippen LogP contribution in [0.3, 0.4) is 0 Å². The predicted octanol–water partition coefficient (Wildman–Crippen LogP) is 2.83. The van der Waals surface area contributed by atoms with Crippen LogP contribution in [0.1, 0.15) is 5.56 Å². The van der Waals surface area contributed by atoms with Crippen molar-refractivity contribution in [3.8, 4) is 18.1 Å². The number of methoxy groups -OCH3 is 1. The van der Waals surface area contributed by atoms with E-state index in [9.17, 15) is 0 Å². The molecule has 0 heterocycles. The fourth-order valence-electron chi connectivity index (χ4n) is 1.51. The van der Waals surface area contributed by atoms with Gasteiger partial charge in [-0.25, -0.2) is 0 Å². The Morgan fingerprint density at radius 1 is 1.21 bits per heavy atom. The SMILES string of the molecule is C#Cc1ccc2cccc(OC)c2c1. The lowest BCUT2D eigenvalue weighted by molar-refractivity contribution is 0.420. The lowest BCUT2D eigenvalue weighted by Crippen LogP contribution is -1.85. The van der Waals surface area contributed by atoms with Gasteiger partial charge in [0.05, 0.1) is 7.11 Å². The summed E-state index contributed by atoms with van der Waals surface area (Å²) in [6, 6.07) is 11.8. The molecule has 0 aliphatic heterocycles. The molecule has 0 aromatic heterocycles. The second-order valence-electron chi connectivity index (χ2n) is 3.04. The first kappa shape index (κ1) is 8.65. The van der Waals surface area contributed by atoms with Crippen LogP contribution < -0.4 is 4.74 Å². The van der Waals surface area contributed by atoms with Gasteiger partial charge in [-0.1, -0.05) is 24.1 Å². The summed E-state index contributed by atoms with van der Waals surface area (Å²) in [4.78, 5) is 0. The van der Waals surface area contributed by atoms with E-state index < -0.39 is 0 Å². The minimum Gasteiger partial charge on any atom is -0.496 e. The normalized spacial score (nSPS) is 9.71. The zero-order chi connectivity index (χ0) is 9.97. The van der Waals surface area contributed by atoms with Crippen LogP contribution in [-0.4, -0.2) is 7.11 Å². The van der Waals surface area contributed by atoms with E-state index in [4.69, 9.17) is 11.2 Å². The topological polar surface area (TPSA) is 9.23 Å². The van der Waals surface area contributed by atoms with Gasteiger partial charge in [-0.15, -0.1) is 6.42 Å². The number of hydrogen-bond acceptors (Lipinski definition) is 1. The standard InChI is InChI=1S/C13H10O/c1-3-10-7-8-11-5-4-6-13(14-2)12(11)9-10/h1,4-9H,2H3. The average molecular weight is 182 g/mol. The molecule has 2 aromatic carbocycles. The Kier molecular flexibility index (Phi) is 2.12. The average Bonchev–Trinajstić information content (AvgIpc) is 2.27. The Hall–Kier alpha value is -1.94. The molecule has 68 valence electrons. The highest BCUT2D eigenvalue weighted by Crippen LogP contribution is 2.25. The molecule has 0 bridgehead atoms. The fraction of sp³-hybridized carbons (Fsp3) is 0.0769. The van der Waals surface area contributed by atoms with Gasteiger partial charge in [0.25, 0.3) is 0 Å². The van der Waals surface area contributed by atoms with E-state index in [0.29, 0.717) is 0 Å². The van der Waals surface area contributed by atoms with Crippen LogP contribution in [0, 0.1) is 12.3 Å². The summed E-state index contributed by atoms with van der Waals surface area (Å²) in [6.07, 6.45) is 5.34. The molecule has 0 aliphatic carbocycles. The van der Waals surface area contributed by atoms with Crippen molar-refractivity contribution in [2.75, 3.05) is 7.11 Å². The van der Waals surface area contributed by atoms with E-state index in [-0.39, 0.29) is 0 Å². The molecular weight excluding hydrogens is 172 g/mol. The second-order valence-corrected chi connectivity index (χ2v) is 3.04. The first-order valence-corrected chi connectivity index (χ1v) is 4.38. The minimum absolute atomic E-state index is 0.861. The molecule has 0 radical (unpaired) electrons. The zero-order valence-corrected chi connectivity index (χ0v) is 7.95. The van der Waals surface area contributed by atoms with Crippen molar-refractivity contribution >= 4 is 10.8 Å². The largest absolute Gasteiger partial charge is 0.496 e. The number of rotatable bonds is 1. The molecule has 0 fully saturated rings. The van der Waals surface area contributed by atoms with Crippen molar-refractivity contribution in [1.82, 2.24) is 0 Å². The summed E-state index contributed by atoms with van der Waals surface area (Å²) in [6.45, 7) is 0. The summed E-state index contributed by atoms with van der Waals surface area (Å²) in [7, 11) is 1.66. The number of fused-ring (bicyclic) bond motifs is 1. The van der Waals surface area contributed by atoms with Gasteiger partial charge < -0.3 is 4.74 Å². The van der Waals surface area contributed by atoms with Gasteiger partial charge in [-0.2, -0.15) is 0 Å². The highest BCUT2D eigenvalue weighted by Gasteiger charge is 2.00. The van der Waals surface area contributed by atoms with Crippen LogP contribution >= 0.6 is 0 Å². The van der Waals surface area contributed by atoms with Crippen LogP contribution in [0.4, 0.5) is 0 Å². The lowest BCUT2D eigenvalue weighted by Gasteiger charge is -2.04. The smallest absolute Gasteiger partial charge is 0.126 e. The molecule has 0 N–H and O–H groups in total. The first-order valence-electron chi connectivity index (χ1n) is 4.38. The first-order chi connectivity index (χ1) is 6.85. The van der Waals surface area contributed by atoms with Gasteiger partial charge in [0.1, 0.15) is 5.75 Å². The summed E-state index contributed by atoms with van der Waals surface area (Å²) in [5, 5.41) is 2.20. The van der Waals surface area contributed by atoms with Crippen molar-refractivity contribution in [3.05, 3.63) is 42.0 Å². The molecule has 0 saturated carbocycles. The Bertz CT molecular complexity index is 506. The molecule has 0 amide bonds. The van der Waals surface area contributed by atoms with Crippen molar-refractivity contribution in [2.24, 2.45) is 0 Å². The third-order valence-corrected chi connectivity index (χ3v) is 2.23. The highest BCUT2D eigenvalue weighted by molar-refractivity contribution is 5.89. The third kappa shape index (κ3) is 1.31. The molecule has 0 spiro atoms. The molecule has 0 aliphatic rings. The van der Waals surface area contributed by atoms with E-state index in [0.717, 1.165) is 22.1 Å². The maximum Gasteiger partial charge on any atom is 0.126 e. The van der Waals surface area contributed by atoms with Crippen LogP contribution in [-0.2, 0) is 0 Å². The number of terminal acetylenes is 1. The van der Waals surface area contributed by atoms with Crippen LogP contribution in [0.2, 0.25) is 0 Å². The molecule has 14 heavy (non-hydrogen) atoms. The quantitative estimate of drug-likeness (QED) is 0.616. The van der Waals surface area contributed by atoms with Gasteiger partial charge in [0.15, 0.2) is 0 Å². The monoisotopic (exact) mass is 182 g/mol. The van der Waals surface area contributed by atoms with E-state index in [1.54, 1.807) is 7.11 Å². The Labute approximate surface area is 83.3 Å². The van der Waals surface area contributed by atoms with Crippen molar-refractivity contribution in [3.63, 3.8) is 0 Å². The Morgan fingerprint density at radius 3 is 2.79 bits per heavy atom. The summed E-state index contributed by atoms with van der Waals surface area (Å²) < 4.78 is 5.26. The number of benzene rings is 2. The lowest BCUT2D eigenvalue weighted by atomic mass is 10.1. The Balaban J connectivity index is 2.78. The minimum atomic E-state index is 0.861. The van der Waals surface area contributed by atoms with Crippen molar-refractivity contribution in [2.45, 2.75) is 0 Å². The highest BCUT2D eigenvalue weighted by atomic mass is 16.5. The maximum absolute atomic E-state index is 5.34. The maximum atomic E-state index is 5.34. The predicted molar refractivity (Wildman–Crippen MR) is 58.4 cm³/mol. The van der Waals surface area contributed by atoms with Gasteiger partial charge in [-0.3, -0.25) is 0 Å². The van der Waals surface area contributed by atoms with Gasteiger partial charge in [0.2, 0.25) is 0 Å². The number of ether oxygens (including phenoxy) is 1. The van der Waals surface area contributed by atoms with Gasteiger partial charge >= 0.3 is 0 Å². The summed E-state index contributed by atoms with van der Waals surface area (Å²) in [5.74, 6) is 3.48. The van der Waals surface area contributed by atoms with Gasteiger partial charge in [0, 0.05) is 10.9 Å². The van der Waals surface area contributed by atoms with Crippen molar-refractivity contribution in [1.29, 1.82) is 0 Å². The molecule has 1 heteroatoms. The molecule has 0 saturated heterocycles. The van der Waals surface area contributed by atoms with E-state index >= 15 is 0 Å². The van der Waals surface area contributed by atoms with E-state index in [1.165, 1.54) is 0 Å². The van der Waals surface area contributed by atoms with Crippen LogP contribution in [0.25, 0.3) is 10.8 Å². The fourth-order valence-corrected chi connectivity index (χ4v) is 1.51. The summed E-state index contributed by atoms with van der Waals surface area (Å²) in [5.41, 5.74) is 0.877. The summed E-state index contributed by atoms with van der Waals surface area (Å²) >= 11 is 0. The zero-order valence-electron chi connectivity index (χ0n) is 7.95. The van der Waals surface area contributed by atoms with Crippen LogP contribution in [0.5, 0.6) is 5.75 Å². The van der Waals surface area contributed by atoms with Crippen LogP contribution in [0.15, 0.2) is 36.4 Å². The molecule has 1 nitrogen and oxygen atoms in total. The second kappa shape index (κ2) is 3.43. The molecular formula is C13H10O. The molecule has 2 rings (SSSR count). The Morgan fingerprint density at radius 2 is 2.07 bits per heavy atom. The van der Waals surface area contributed by atoms with E-state index in [2.05, 4.69) is 5.92 Å². The van der Waals surface area contributed by atoms with E-state index in [1.807, 2.05) is 36.4 Å². The molecule has 0 atom stereocenters. The van der Waals surface area contributed by atoms with Crippen molar-refractivity contribution < 1.29 is 4.74 Å². The molecule has 0 unspecified atom stereocenters. The molecule has 2 aromatic rings.